The number of benzene rings is 1. The van der Waals surface area contributed by atoms with Crippen molar-refractivity contribution in [2.24, 2.45) is 5.92 Å². The minimum atomic E-state index is 0.523. The van der Waals surface area contributed by atoms with Gasteiger partial charge in [-0.3, -0.25) is 0 Å². The summed E-state index contributed by atoms with van der Waals surface area (Å²) < 4.78 is 1.22. The third-order valence-electron chi connectivity index (χ3n) is 3.30. The van der Waals surface area contributed by atoms with Crippen molar-refractivity contribution in [1.82, 2.24) is 5.32 Å². The normalized spacial score (nSPS) is 17.8. The molecule has 1 aliphatic rings. The topological polar surface area (TPSA) is 12.0 Å². The third kappa shape index (κ3) is 2.61. The van der Waals surface area contributed by atoms with E-state index in [9.17, 15) is 0 Å². The largest absolute Gasteiger partial charge is 0.313 e. The highest BCUT2D eigenvalue weighted by Crippen LogP contribution is 2.38. The number of nitrogens with one attached hydrogen (secondary N) is 1. The fraction of sp³-hybridized carbons (Fsp3) is 0.538. The summed E-state index contributed by atoms with van der Waals surface area (Å²) >= 11 is 3.60. The maximum Gasteiger partial charge on any atom is 0.0323 e. The van der Waals surface area contributed by atoms with Crippen LogP contribution in [0, 0.1) is 12.8 Å². The highest BCUT2D eigenvalue weighted by molar-refractivity contribution is 9.10. The van der Waals surface area contributed by atoms with Crippen molar-refractivity contribution in [2.45, 2.75) is 32.2 Å². The summed E-state index contributed by atoms with van der Waals surface area (Å²) in [6, 6.07) is 7.01. The second-order valence-corrected chi connectivity index (χ2v) is 5.33. The van der Waals surface area contributed by atoms with Crippen molar-refractivity contribution in [3.63, 3.8) is 0 Å². The van der Waals surface area contributed by atoms with E-state index >= 15 is 0 Å². The molecule has 1 unspecified atom stereocenters. The second-order valence-electron chi connectivity index (χ2n) is 4.47. The lowest BCUT2D eigenvalue weighted by molar-refractivity contribution is 0.512. The molecular weight excluding hydrogens is 250 g/mol. The van der Waals surface area contributed by atoms with Crippen LogP contribution >= 0.6 is 15.9 Å². The van der Waals surface area contributed by atoms with Crippen LogP contribution in [0.3, 0.4) is 0 Å². The minimum absolute atomic E-state index is 0.523. The van der Waals surface area contributed by atoms with Gasteiger partial charge in [-0.1, -0.05) is 40.9 Å². The number of halogens is 1. The molecule has 2 heteroatoms. The Morgan fingerprint density at radius 3 is 2.80 bits per heavy atom. The molecule has 0 heterocycles. The Kier molecular flexibility index (Phi) is 3.47. The lowest BCUT2D eigenvalue weighted by Gasteiger charge is -2.19. The SMILES string of the molecule is CNC(CC1CC1)c1cccc(Br)c1C. The van der Waals surface area contributed by atoms with Crippen LogP contribution in [0.1, 0.15) is 36.4 Å². The van der Waals surface area contributed by atoms with E-state index in [-0.39, 0.29) is 0 Å². The molecule has 15 heavy (non-hydrogen) atoms. The van der Waals surface area contributed by atoms with Gasteiger partial charge in [0.15, 0.2) is 0 Å². The summed E-state index contributed by atoms with van der Waals surface area (Å²) in [6.07, 6.45) is 4.13. The van der Waals surface area contributed by atoms with Gasteiger partial charge in [-0.25, -0.2) is 0 Å². The molecule has 1 N–H and O–H groups in total. The molecule has 1 atom stereocenters. The van der Waals surface area contributed by atoms with Gasteiger partial charge < -0.3 is 5.32 Å². The van der Waals surface area contributed by atoms with Crippen molar-refractivity contribution >= 4 is 15.9 Å². The van der Waals surface area contributed by atoms with Crippen LogP contribution in [0.2, 0.25) is 0 Å². The molecule has 1 aliphatic carbocycles. The molecule has 1 aromatic rings. The Morgan fingerprint density at radius 2 is 2.20 bits per heavy atom. The van der Waals surface area contributed by atoms with E-state index in [1.165, 1.54) is 34.9 Å². The van der Waals surface area contributed by atoms with Gasteiger partial charge in [0, 0.05) is 10.5 Å². The van der Waals surface area contributed by atoms with Crippen molar-refractivity contribution in [1.29, 1.82) is 0 Å². The molecule has 1 fully saturated rings. The minimum Gasteiger partial charge on any atom is -0.313 e. The highest BCUT2D eigenvalue weighted by atomic mass is 79.9. The standard InChI is InChI=1S/C13H18BrN/c1-9-11(4-3-5-12(9)14)13(15-2)8-10-6-7-10/h3-5,10,13,15H,6-8H2,1-2H3. The fourth-order valence-electron chi connectivity index (χ4n) is 2.09. The molecule has 0 aliphatic heterocycles. The molecule has 1 aromatic carbocycles. The summed E-state index contributed by atoms with van der Waals surface area (Å²) in [6.45, 7) is 2.19. The van der Waals surface area contributed by atoms with Gasteiger partial charge >= 0.3 is 0 Å². The van der Waals surface area contributed by atoms with E-state index in [4.69, 9.17) is 0 Å². The number of hydrogen-bond acceptors (Lipinski definition) is 1. The lowest BCUT2D eigenvalue weighted by Crippen LogP contribution is -2.18. The van der Waals surface area contributed by atoms with Crippen LogP contribution in [-0.2, 0) is 0 Å². The molecule has 0 radical (unpaired) electrons. The Hall–Kier alpha value is -0.340. The third-order valence-corrected chi connectivity index (χ3v) is 4.16. The Balaban J connectivity index is 2.20. The number of rotatable bonds is 4. The van der Waals surface area contributed by atoms with E-state index in [0.29, 0.717) is 6.04 Å². The number of hydrogen-bond donors (Lipinski definition) is 1. The summed E-state index contributed by atoms with van der Waals surface area (Å²) in [5, 5.41) is 3.44. The van der Waals surface area contributed by atoms with E-state index in [2.05, 4.69) is 53.4 Å². The molecule has 82 valence electrons. The van der Waals surface area contributed by atoms with Gasteiger partial charge in [0.1, 0.15) is 0 Å². The monoisotopic (exact) mass is 267 g/mol. The van der Waals surface area contributed by atoms with Crippen LogP contribution in [0.4, 0.5) is 0 Å². The quantitative estimate of drug-likeness (QED) is 0.875. The summed E-state index contributed by atoms with van der Waals surface area (Å²) in [7, 11) is 2.06. The first-order chi connectivity index (χ1) is 7.22. The highest BCUT2D eigenvalue weighted by Gasteiger charge is 2.26. The lowest BCUT2D eigenvalue weighted by atomic mass is 9.97. The van der Waals surface area contributed by atoms with E-state index in [1.54, 1.807) is 0 Å². The van der Waals surface area contributed by atoms with Gasteiger partial charge in [0.05, 0.1) is 0 Å². The molecule has 2 rings (SSSR count). The maximum atomic E-state index is 3.60. The molecule has 0 aromatic heterocycles. The molecule has 0 spiro atoms. The first kappa shape index (κ1) is 11.2. The average Bonchev–Trinajstić information content (AvgIpc) is 3.03. The molecule has 0 bridgehead atoms. The zero-order valence-electron chi connectivity index (χ0n) is 9.39. The Bertz CT molecular complexity index is 344. The van der Waals surface area contributed by atoms with Crippen LogP contribution in [-0.4, -0.2) is 7.05 Å². The molecular formula is C13H18BrN. The summed E-state index contributed by atoms with van der Waals surface area (Å²) in [5.74, 6) is 0.959. The molecule has 1 nitrogen and oxygen atoms in total. The van der Waals surface area contributed by atoms with Crippen molar-refractivity contribution in [2.75, 3.05) is 7.05 Å². The first-order valence-electron chi connectivity index (χ1n) is 5.64. The first-order valence-corrected chi connectivity index (χ1v) is 6.44. The van der Waals surface area contributed by atoms with Gasteiger partial charge in [-0.2, -0.15) is 0 Å². The fourth-order valence-corrected chi connectivity index (χ4v) is 2.47. The zero-order chi connectivity index (χ0) is 10.8. The van der Waals surface area contributed by atoms with Gasteiger partial charge in [0.2, 0.25) is 0 Å². The van der Waals surface area contributed by atoms with Crippen LogP contribution in [0.5, 0.6) is 0 Å². The maximum absolute atomic E-state index is 3.60. The predicted octanol–water partition coefficient (Wildman–Crippen LogP) is 3.82. The smallest absolute Gasteiger partial charge is 0.0323 e. The van der Waals surface area contributed by atoms with Crippen LogP contribution in [0.25, 0.3) is 0 Å². The van der Waals surface area contributed by atoms with Crippen molar-refractivity contribution < 1.29 is 0 Å². The van der Waals surface area contributed by atoms with Crippen LogP contribution < -0.4 is 5.32 Å². The molecule has 0 amide bonds. The average molecular weight is 268 g/mol. The molecule has 0 saturated heterocycles. The van der Waals surface area contributed by atoms with E-state index in [1.807, 2.05) is 0 Å². The van der Waals surface area contributed by atoms with Crippen LogP contribution in [0.15, 0.2) is 22.7 Å². The zero-order valence-corrected chi connectivity index (χ0v) is 11.0. The van der Waals surface area contributed by atoms with Gasteiger partial charge in [-0.05, 0) is 43.5 Å². The van der Waals surface area contributed by atoms with Gasteiger partial charge in [-0.15, -0.1) is 0 Å². The Labute approximate surface area is 100 Å². The van der Waals surface area contributed by atoms with Gasteiger partial charge in [0.25, 0.3) is 0 Å². The van der Waals surface area contributed by atoms with Crippen molar-refractivity contribution in [3.05, 3.63) is 33.8 Å². The summed E-state index contributed by atoms with van der Waals surface area (Å²) in [5.41, 5.74) is 2.82. The second kappa shape index (κ2) is 4.67. The molecule has 1 saturated carbocycles. The predicted molar refractivity (Wildman–Crippen MR) is 68.0 cm³/mol. The summed E-state index contributed by atoms with van der Waals surface area (Å²) in [4.78, 5) is 0. The van der Waals surface area contributed by atoms with E-state index in [0.717, 1.165) is 5.92 Å². The van der Waals surface area contributed by atoms with Crippen molar-refractivity contribution in [3.8, 4) is 0 Å². The van der Waals surface area contributed by atoms with E-state index < -0.39 is 0 Å². The Morgan fingerprint density at radius 1 is 1.47 bits per heavy atom.